The molecule has 0 amide bonds. The van der Waals surface area contributed by atoms with Crippen LogP contribution in [0.15, 0.2) is 23.0 Å². The lowest BCUT2D eigenvalue weighted by molar-refractivity contribution is -0.184. The minimum absolute atomic E-state index is 0.0555. The first kappa shape index (κ1) is 16.5. The number of fused-ring (bicyclic) bond motifs is 3. The fourth-order valence-corrected chi connectivity index (χ4v) is 6.34. The zero-order valence-corrected chi connectivity index (χ0v) is 14.9. The van der Waals surface area contributed by atoms with Gasteiger partial charge in [-0.25, -0.2) is 0 Å². The Morgan fingerprint density at radius 2 is 2.15 bits per heavy atom. The quantitative estimate of drug-likeness (QED) is 0.643. The molecular weight excluding hydrogens is 336 g/mol. The van der Waals surface area contributed by atoms with Crippen LogP contribution >= 0.6 is 0 Å². The molecule has 2 saturated heterocycles. The topological polar surface area (TPSA) is 89.3 Å². The van der Waals surface area contributed by atoms with Gasteiger partial charge in [-0.05, 0) is 30.7 Å². The smallest absolute Gasteiger partial charge is 0.313 e. The lowest BCUT2D eigenvalue weighted by Crippen LogP contribution is -2.66. The summed E-state index contributed by atoms with van der Waals surface area (Å²) in [7, 11) is 0. The van der Waals surface area contributed by atoms with Gasteiger partial charge in [0.1, 0.15) is 17.5 Å². The maximum Gasteiger partial charge on any atom is 0.313 e. The van der Waals surface area contributed by atoms with Gasteiger partial charge < -0.3 is 19.0 Å². The normalized spacial score (nSPS) is 47.2. The molecule has 2 aliphatic carbocycles. The molecule has 6 nitrogen and oxygen atoms in total. The number of ether oxygens (including phenoxy) is 2. The molecule has 4 fully saturated rings. The van der Waals surface area contributed by atoms with Crippen LogP contribution in [0.5, 0.6) is 0 Å². The molecule has 0 bridgehead atoms. The first-order chi connectivity index (χ1) is 12.5. The Morgan fingerprint density at radius 1 is 1.35 bits per heavy atom. The summed E-state index contributed by atoms with van der Waals surface area (Å²) in [4.78, 5) is 26.4. The summed E-state index contributed by atoms with van der Waals surface area (Å²) in [5.41, 5.74) is -1.45. The van der Waals surface area contributed by atoms with E-state index in [0.29, 0.717) is 13.0 Å². The highest BCUT2D eigenvalue weighted by molar-refractivity contribution is 5.93. The Labute approximate surface area is 151 Å². The highest BCUT2D eigenvalue weighted by Crippen LogP contribution is 2.69. The second kappa shape index (κ2) is 5.20. The van der Waals surface area contributed by atoms with E-state index in [1.165, 1.54) is 0 Å². The van der Waals surface area contributed by atoms with Gasteiger partial charge >= 0.3 is 5.97 Å². The second-order valence-electron chi connectivity index (χ2n) is 8.58. The first-order valence-electron chi connectivity index (χ1n) is 9.51. The van der Waals surface area contributed by atoms with E-state index < -0.39 is 16.4 Å². The molecule has 3 heterocycles. The molecule has 140 valence electrons. The van der Waals surface area contributed by atoms with Gasteiger partial charge in [0.25, 0.3) is 0 Å². The van der Waals surface area contributed by atoms with E-state index in [4.69, 9.17) is 13.9 Å². The van der Waals surface area contributed by atoms with Crippen molar-refractivity contribution >= 4 is 11.8 Å². The monoisotopic (exact) mass is 360 g/mol. The predicted octanol–water partition coefficient (Wildman–Crippen LogP) is 2.41. The number of esters is 1. The SMILES string of the molecule is CC1CC(=O)C2(CO)C(CCCC23CO3)C12CC(c1ccoc1)OC2=O. The van der Waals surface area contributed by atoms with Gasteiger partial charge in [-0.15, -0.1) is 0 Å². The Hall–Kier alpha value is -1.66. The van der Waals surface area contributed by atoms with Crippen molar-refractivity contribution < 1.29 is 28.6 Å². The third-order valence-electron chi connectivity index (χ3n) is 7.78. The largest absolute Gasteiger partial charge is 0.472 e. The van der Waals surface area contributed by atoms with Gasteiger partial charge in [0.05, 0.1) is 36.6 Å². The van der Waals surface area contributed by atoms with Gasteiger partial charge in [-0.3, -0.25) is 9.59 Å². The summed E-state index contributed by atoms with van der Waals surface area (Å²) < 4.78 is 16.8. The number of rotatable bonds is 2. The van der Waals surface area contributed by atoms with Crippen molar-refractivity contribution in [3.63, 3.8) is 0 Å². The third kappa shape index (κ3) is 1.75. The van der Waals surface area contributed by atoms with Crippen molar-refractivity contribution in [2.75, 3.05) is 13.2 Å². The van der Waals surface area contributed by atoms with Crippen LogP contribution in [-0.2, 0) is 19.1 Å². The lowest BCUT2D eigenvalue weighted by atomic mass is 9.43. The van der Waals surface area contributed by atoms with Gasteiger partial charge in [0.2, 0.25) is 0 Å². The molecule has 2 aliphatic heterocycles. The zero-order valence-electron chi connectivity index (χ0n) is 14.9. The Balaban J connectivity index is 1.62. The standard InChI is InChI=1S/C20H24O6/c1-12-7-16(22)20(10-21)15(3-2-5-18(20)11-25-18)19(12)8-14(26-17(19)23)13-4-6-24-9-13/h4,6,9,12,14-15,21H,2-3,5,7-8,10-11H2,1H3. The zero-order chi connectivity index (χ0) is 18.2. The van der Waals surface area contributed by atoms with Crippen LogP contribution < -0.4 is 0 Å². The molecule has 4 aliphatic rings. The van der Waals surface area contributed by atoms with E-state index in [1.807, 2.05) is 13.0 Å². The third-order valence-corrected chi connectivity index (χ3v) is 7.78. The number of epoxide rings is 1. The number of aliphatic hydroxyl groups is 1. The molecule has 5 rings (SSSR count). The lowest BCUT2D eigenvalue weighted by Gasteiger charge is -2.57. The molecule has 0 radical (unpaired) electrons. The number of carbonyl (C=O) groups excluding carboxylic acids is 2. The Morgan fingerprint density at radius 3 is 2.81 bits per heavy atom. The van der Waals surface area contributed by atoms with Crippen molar-refractivity contribution in [2.45, 2.75) is 50.7 Å². The minimum atomic E-state index is -0.970. The summed E-state index contributed by atoms with van der Waals surface area (Å²) in [6.45, 7) is 2.22. The minimum Gasteiger partial charge on any atom is -0.472 e. The molecule has 0 aromatic carbocycles. The molecule has 2 saturated carbocycles. The second-order valence-corrected chi connectivity index (χ2v) is 8.58. The average molecular weight is 360 g/mol. The van der Waals surface area contributed by atoms with Gasteiger partial charge in [0.15, 0.2) is 0 Å². The van der Waals surface area contributed by atoms with Crippen LogP contribution in [0.3, 0.4) is 0 Å². The Bertz CT molecular complexity index is 750. The Kier molecular flexibility index (Phi) is 3.30. The summed E-state index contributed by atoms with van der Waals surface area (Å²) in [5, 5.41) is 10.4. The fraction of sp³-hybridized carbons (Fsp3) is 0.700. The molecule has 6 unspecified atom stereocenters. The molecule has 6 heteroatoms. The molecule has 26 heavy (non-hydrogen) atoms. The van der Waals surface area contributed by atoms with Crippen LogP contribution in [0, 0.1) is 22.7 Å². The van der Waals surface area contributed by atoms with Crippen LogP contribution in [0.25, 0.3) is 0 Å². The van der Waals surface area contributed by atoms with E-state index in [0.717, 1.165) is 24.8 Å². The van der Waals surface area contributed by atoms with Crippen molar-refractivity contribution in [1.82, 2.24) is 0 Å². The van der Waals surface area contributed by atoms with E-state index in [-0.39, 0.29) is 42.7 Å². The number of cyclic esters (lactones) is 1. The van der Waals surface area contributed by atoms with E-state index >= 15 is 0 Å². The van der Waals surface area contributed by atoms with Crippen LogP contribution in [0.2, 0.25) is 0 Å². The number of hydrogen-bond acceptors (Lipinski definition) is 6. The van der Waals surface area contributed by atoms with Crippen LogP contribution in [0.1, 0.15) is 50.7 Å². The maximum absolute atomic E-state index is 13.2. The van der Waals surface area contributed by atoms with E-state index in [2.05, 4.69) is 0 Å². The highest BCUT2D eigenvalue weighted by atomic mass is 16.6. The van der Waals surface area contributed by atoms with Crippen molar-refractivity contribution in [3.05, 3.63) is 24.2 Å². The summed E-state index contributed by atoms with van der Waals surface area (Å²) >= 11 is 0. The van der Waals surface area contributed by atoms with Crippen LogP contribution in [0.4, 0.5) is 0 Å². The fourth-order valence-electron chi connectivity index (χ4n) is 6.34. The number of aliphatic hydroxyl groups excluding tert-OH is 1. The highest BCUT2D eigenvalue weighted by Gasteiger charge is 2.77. The summed E-state index contributed by atoms with van der Waals surface area (Å²) in [6, 6.07) is 1.82. The molecular formula is C20H24O6. The van der Waals surface area contributed by atoms with Crippen molar-refractivity contribution in [1.29, 1.82) is 0 Å². The van der Waals surface area contributed by atoms with Gasteiger partial charge in [-0.2, -0.15) is 0 Å². The summed E-state index contributed by atoms with van der Waals surface area (Å²) in [5.74, 6) is -0.529. The summed E-state index contributed by atoms with van der Waals surface area (Å²) in [6.07, 6.45) is 6.08. The van der Waals surface area contributed by atoms with Crippen molar-refractivity contribution in [3.8, 4) is 0 Å². The number of hydrogen-bond donors (Lipinski definition) is 1. The van der Waals surface area contributed by atoms with E-state index in [9.17, 15) is 14.7 Å². The molecule has 6 atom stereocenters. The van der Waals surface area contributed by atoms with Crippen LogP contribution in [-0.4, -0.2) is 35.7 Å². The maximum atomic E-state index is 13.2. The number of furan rings is 1. The van der Waals surface area contributed by atoms with Crippen molar-refractivity contribution in [2.24, 2.45) is 22.7 Å². The first-order valence-corrected chi connectivity index (χ1v) is 9.51. The van der Waals surface area contributed by atoms with Gasteiger partial charge in [-0.1, -0.05) is 13.3 Å². The van der Waals surface area contributed by atoms with Gasteiger partial charge in [0, 0.05) is 18.4 Å². The number of ketones is 1. The number of carbonyl (C=O) groups is 2. The molecule has 2 spiro atoms. The number of Topliss-reactive ketones (excluding diaryl/α,β-unsaturated/α-hetero) is 1. The average Bonchev–Trinajstić information content (AvgIpc) is 3.07. The molecule has 1 aromatic rings. The van der Waals surface area contributed by atoms with E-state index in [1.54, 1.807) is 12.5 Å². The molecule has 1 aromatic heterocycles. The predicted molar refractivity (Wildman–Crippen MR) is 88.9 cm³/mol. The molecule has 1 N–H and O–H groups in total.